The molecular weight excluding hydrogens is 732 g/mol. The Morgan fingerprint density at radius 2 is 1.72 bits per heavy atom. The van der Waals surface area contributed by atoms with Gasteiger partial charge in [0.2, 0.25) is 5.78 Å². The number of aliphatic hydroxyl groups is 2. The third-order valence-electron chi connectivity index (χ3n) is 10.1. The molecule has 0 spiro atoms. The van der Waals surface area contributed by atoms with Crippen molar-refractivity contribution in [3.05, 3.63) is 81.3 Å². The van der Waals surface area contributed by atoms with Gasteiger partial charge < -0.3 is 39.6 Å². The van der Waals surface area contributed by atoms with Crippen LogP contribution in [0.4, 0.5) is 5.69 Å². The van der Waals surface area contributed by atoms with E-state index in [9.17, 15) is 34.5 Å². The van der Waals surface area contributed by atoms with Crippen LogP contribution in [-0.2, 0) is 19.1 Å². The molecule has 3 aromatic carbocycles. The van der Waals surface area contributed by atoms with Crippen LogP contribution in [0.3, 0.4) is 0 Å². The molecule has 4 unspecified atom stereocenters. The van der Waals surface area contributed by atoms with Gasteiger partial charge in [-0.1, -0.05) is 52.0 Å². The van der Waals surface area contributed by atoms with Crippen LogP contribution in [0.1, 0.15) is 102 Å². The van der Waals surface area contributed by atoms with E-state index < -0.39 is 52.9 Å². The Balaban J connectivity index is 0.00000354. The van der Waals surface area contributed by atoms with E-state index in [0.717, 1.165) is 12.7 Å². The van der Waals surface area contributed by atoms with E-state index >= 15 is 0 Å². The Kier molecular flexibility index (Phi) is 14.8. The lowest BCUT2D eigenvalue weighted by molar-refractivity contribution is -0.153. The second kappa shape index (κ2) is 19.1. The number of carbonyl (C=O) groups is 3. The van der Waals surface area contributed by atoms with E-state index in [4.69, 9.17) is 24.0 Å². The number of aromatic nitrogens is 1. The quantitative estimate of drug-likeness (QED) is 0.0576. The molecular formula is C44H54N2O11. The van der Waals surface area contributed by atoms with Gasteiger partial charge in [0.25, 0.3) is 5.91 Å². The number of ketones is 1. The zero-order chi connectivity index (χ0) is 42.3. The minimum atomic E-state index is -1.22. The van der Waals surface area contributed by atoms with Crippen LogP contribution in [0, 0.1) is 18.8 Å². The molecule has 13 nitrogen and oxygen atoms in total. The van der Waals surface area contributed by atoms with Crippen LogP contribution < -0.4 is 10.7 Å². The number of fused-ring (bicyclic) bond motifs is 1. The highest BCUT2D eigenvalue weighted by atomic mass is 16.6. The van der Waals surface area contributed by atoms with Crippen molar-refractivity contribution < 1.29 is 48.7 Å². The van der Waals surface area contributed by atoms with Gasteiger partial charge in [-0.05, 0) is 88.0 Å². The average molecular weight is 787 g/mol. The minimum Gasteiger partial charge on any atom is -0.507 e. The van der Waals surface area contributed by atoms with Gasteiger partial charge in [0.05, 0.1) is 23.3 Å². The first-order valence-electron chi connectivity index (χ1n) is 19.1. The molecule has 1 aliphatic heterocycles. The molecule has 0 fully saturated rings. The number of benzene rings is 3. The summed E-state index contributed by atoms with van der Waals surface area (Å²) in [4.78, 5) is 58.5. The summed E-state index contributed by atoms with van der Waals surface area (Å²) < 4.78 is 17.6. The number of allylic oxidation sites excluding steroid dienone is 4. The van der Waals surface area contributed by atoms with Gasteiger partial charge in [-0.25, -0.2) is 4.98 Å². The highest BCUT2D eigenvalue weighted by Crippen LogP contribution is 2.47. The zero-order valence-electron chi connectivity index (χ0n) is 34.0. The van der Waals surface area contributed by atoms with Gasteiger partial charge in [-0.2, -0.15) is 0 Å². The number of hydrogen-bond donors (Lipinski definition) is 5. The summed E-state index contributed by atoms with van der Waals surface area (Å²) in [5.74, 6) is -2.79. The van der Waals surface area contributed by atoms with Crippen molar-refractivity contribution in [3.8, 4) is 11.5 Å². The third-order valence-corrected chi connectivity index (χ3v) is 10.1. The summed E-state index contributed by atoms with van der Waals surface area (Å²) in [5.41, 5.74) is 0.184. The smallest absolute Gasteiger partial charge is 0.302 e. The summed E-state index contributed by atoms with van der Waals surface area (Å²) in [6.07, 6.45) is 7.09. The number of hydrogen-bond acceptors (Lipinski definition) is 12. The van der Waals surface area contributed by atoms with Crippen LogP contribution in [0.15, 0.2) is 63.6 Å². The van der Waals surface area contributed by atoms with E-state index in [0.29, 0.717) is 36.8 Å². The number of phenols is 2. The zero-order valence-corrected chi connectivity index (χ0v) is 34.0. The molecule has 2 heterocycles. The molecule has 1 aliphatic rings. The molecule has 13 heteroatoms. The number of aromatic hydroxyl groups is 2. The van der Waals surface area contributed by atoms with Crippen LogP contribution in [0.5, 0.6) is 11.5 Å². The number of nitrogens with one attached hydrogen (secondary N) is 1. The normalized spacial score (nSPS) is 23.6. The van der Waals surface area contributed by atoms with Crippen LogP contribution in [0.2, 0.25) is 0 Å². The number of carbonyl (C=O) groups excluding carboxylic acids is 3. The second-order valence-electron chi connectivity index (χ2n) is 15.0. The molecule has 0 saturated heterocycles. The Morgan fingerprint density at radius 3 is 2.39 bits per heavy atom. The number of aliphatic hydroxyl groups excluding tert-OH is 2. The highest BCUT2D eigenvalue weighted by molar-refractivity contribution is 6.25. The van der Waals surface area contributed by atoms with Crippen molar-refractivity contribution in [1.29, 1.82) is 0 Å². The molecule has 5 N–H and O–H groups in total. The molecule has 0 aliphatic carbocycles. The first-order valence-corrected chi connectivity index (χ1v) is 19.1. The van der Waals surface area contributed by atoms with E-state index in [1.165, 1.54) is 27.0 Å². The van der Waals surface area contributed by atoms with Gasteiger partial charge in [-0.3, -0.25) is 19.2 Å². The maximum atomic E-state index is 14.2. The van der Waals surface area contributed by atoms with Gasteiger partial charge in [0.15, 0.2) is 28.4 Å². The number of rotatable bonds is 2. The lowest BCUT2D eigenvalue weighted by Gasteiger charge is -2.25. The number of phenolic OH excluding ortho intramolecular Hbond substituents is 2. The average Bonchev–Trinajstić information content (AvgIpc) is 3.16. The summed E-state index contributed by atoms with van der Waals surface area (Å²) in [7, 11) is 1.00. The fraction of sp³-hybridized carbons (Fsp3) is 0.432. The number of Topliss-reactive ketones (excluding diaryl/α,β-unsaturated/α-hetero) is 1. The van der Waals surface area contributed by atoms with Crippen molar-refractivity contribution >= 4 is 56.3 Å². The summed E-state index contributed by atoms with van der Waals surface area (Å²) in [6, 6.07) is 5.41. The molecule has 5 rings (SSSR count). The van der Waals surface area contributed by atoms with Crippen LogP contribution in [0.25, 0.3) is 33.0 Å². The number of amides is 1. The minimum absolute atomic E-state index is 0.0413. The molecule has 0 radical (unpaired) electrons. The fourth-order valence-corrected chi connectivity index (χ4v) is 6.98. The van der Waals surface area contributed by atoms with E-state index in [1.807, 2.05) is 39.8 Å². The first-order chi connectivity index (χ1) is 27.0. The van der Waals surface area contributed by atoms with Crippen molar-refractivity contribution in [2.75, 3.05) is 12.4 Å². The second-order valence-corrected chi connectivity index (χ2v) is 15.0. The highest BCUT2D eigenvalue weighted by Gasteiger charge is 2.32. The molecule has 1 aromatic heterocycles. The van der Waals surface area contributed by atoms with Crippen molar-refractivity contribution in [3.63, 3.8) is 0 Å². The summed E-state index contributed by atoms with van der Waals surface area (Å²) in [6.45, 7) is 13.7. The molecule has 0 saturated carbocycles. The Hall–Kier alpha value is -5.53. The molecule has 57 heavy (non-hydrogen) atoms. The summed E-state index contributed by atoms with van der Waals surface area (Å²) >= 11 is 0. The molecule has 4 aromatic rings. The van der Waals surface area contributed by atoms with Crippen LogP contribution >= 0.6 is 0 Å². The first kappa shape index (κ1) is 44.2. The molecule has 2 bridgehead atoms. The van der Waals surface area contributed by atoms with E-state index in [1.54, 1.807) is 37.3 Å². The fourth-order valence-electron chi connectivity index (χ4n) is 6.98. The number of ether oxygens (including phenoxy) is 2. The summed E-state index contributed by atoms with van der Waals surface area (Å²) in [5, 5.41) is 43.6. The van der Waals surface area contributed by atoms with Gasteiger partial charge in [0.1, 0.15) is 28.6 Å². The molecule has 1 amide bonds. The largest absolute Gasteiger partial charge is 0.507 e. The van der Waals surface area contributed by atoms with E-state index in [2.05, 4.69) is 5.32 Å². The number of anilines is 1. The van der Waals surface area contributed by atoms with Gasteiger partial charge in [-0.15, -0.1) is 0 Å². The SMILES string of the molecule is CC(=O)OC1CC/C=C/OC(C)C(=O)c2c(=O)c(C)c(O)c3c(O)c(c4oc5cc(C(C)C)ccc5nc4c23)NC(=O)/C(C)=C/C=C/C(C)C[C@H](C)CC1O.CO. The Labute approximate surface area is 331 Å². The lowest BCUT2D eigenvalue weighted by Crippen LogP contribution is -2.32. The predicted octanol–water partition coefficient (Wildman–Crippen LogP) is 7.63. The topological polar surface area (TPSA) is 206 Å². The van der Waals surface area contributed by atoms with Gasteiger partial charge in [0, 0.05) is 30.6 Å². The van der Waals surface area contributed by atoms with Crippen LogP contribution in [-0.4, -0.2) is 68.5 Å². The lowest BCUT2D eigenvalue weighted by atomic mass is 9.90. The number of esters is 1. The van der Waals surface area contributed by atoms with E-state index in [-0.39, 0.29) is 62.0 Å². The molecule has 306 valence electrons. The molecule has 5 atom stereocenters. The third kappa shape index (κ3) is 9.89. The van der Waals surface area contributed by atoms with Crippen molar-refractivity contribution in [2.45, 2.75) is 105 Å². The predicted molar refractivity (Wildman–Crippen MR) is 219 cm³/mol. The maximum Gasteiger partial charge on any atom is 0.302 e. The van der Waals surface area contributed by atoms with Crippen molar-refractivity contribution in [1.82, 2.24) is 4.98 Å². The maximum absolute atomic E-state index is 14.2. The Bertz CT molecular complexity index is 2300. The number of nitrogens with zero attached hydrogens (tertiary/aromatic N) is 1. The van der Waals surface area contributed by atoms with Crippen molar-refractivity contribution in [2.24, 2.45) is 11.8 Å². The Morgan fingerprint density at radius 1 is 1.02 bits per heavy atom. The standard InChI is InChI=1S/C43H50N2O10.CH4O/c1-21(2)28-15-16-29-32(20-28)55-42-36(44-29)33-34-38(48)25(6)39(49)35(33)41(51)37(42)45-43(52)24(5)13-11-12-22(3)18-23(4)19-30(47)31(54-27(8)46)14-9-10-17-53-26(7)40(34)50;1-2/h10-13,15-17,20-23,26,30-31,47,49,51H,9,14,18-19H2,1-8H3,(H,45,52);2H,1H3/b12-11+,17-10+,24-13+;/t22?,23-,26?,30?,31?;/m0./s1. The van der Waals surface area contributed by atoms with Gasteiger partial charge >= 0.3 is 5.97 Å². The monoisotopic (exact) mass is 786 g/mol.